The Bertz CT molecular complexity index is 765. The van der Waals surface area contributed by atoms with Gasteiger partial charge in [-0.3, -0.25) is 9.59 Å². The number of hydrogen-bond donors (Lipinski definition) is 1. The monoisotopic (exact) mass is 404 g/mol. The molecular formula is C19H21BrN2O3. The molecule has 0 fully saturated rings. The van der Waals surface area contributed by atoms with Gasteiger partial charge in [0.25, 0.3) is 5.91 Å². The third-order valence-corrected chi connectivity index (χ3v) is 3.99. The standard InChI is InChI=1S/C19H21BrN2O3/c1-4-22(12-13(2)3)18(23)11-14-5-7-15(8-6-14)21-19(24)16-9-10-17(20)25-16/h5-10H,2,4,11-12H2,1,3H3,(H,21,24). The topological polar surface area (TPSA) is 62.6 Å². The van der Waals surface area contributed by atoms with Gasteiger partial charge in [-0.15, -0.1) is 0 Å². The maximum atomic E-state index is 12.3. The predicted molar refractivity (Wildman–Crippen MR) is 102 cm³/mol. The Hall–Kier alpha value is -2.34. The number of furan rings is 1. The Kier molecular flexibility index (Phi) is 6.58. The van der Waals surface area contributed by atoms with Crippen LogP contribution in [0, 0.1) is 0 Å². The molecule has 0 radical (unpaired) electrons. The summed E-state index contributed by atoms with van der Waals surface area (Å²) in [6, 6.07) is 10.5. The van der Waals surface area contributed by atoms with Crippen LogP contribution in [0.25, 0.3) is 0 Å². The maximum Gasteiger partial charge on any atom is 0.291 e. The van der Waals surface area contributed by atoms with E-state index in [0.717, 1.165) is 11.1 Å². The molecule has 0 unspecified atom stereocenters. The molecule has 0 bridgehead atoms. The summed E-state index contributed by atoms with van der Waals surface area (Å²) in [5, 5.41) is 2.75. The van der Waals surface area contributed by atoms with Crippen LogP contribution in [0.1, 0.15) is 30.0 Å². The van der Waals surface area contributed by atoms with Crippen molar-refractivity contribution in [1.82, 2.24) is 4.90 Å². The normalized spacial score (nSPS) is 10.4. The highest BCUT2D eigenvalue weighted by Crippen LogP contribution is 2.17. The summed E-state index contributed by atoms with van der Waals surface area (Å²) in [7, 11) is 0. The summed E-state index contributed by atoms with van der Waals surface area (Å²) in [4.78, 5) is 26.1. The van der Waals surface area contributed by atoms with Gasteiger partial charge in [-0.1, -0.05) is 24.3 Å². The number of likely N-dealkylation sites (N-methyl/N-ethyl adjacent to an activating group) is 1. The van der Waals surface area contributed by atoms with Crippen molar-refractivity contribution < 1.29 is 14.0 Å². The van der Waals surface area contributed by atoms with Gasteiger partial charge in [0.1, 0.15) is 0 Å². The highest BCUT2D eigenvalue weighted by molar-refractivity contribution is 9.10. The molecule has 1 aromatic carbocycles. The molecule has 0 aliphatic rings. The van der Waals surface area contributed by atoms with E-state index in [4.69, 9.17) is 4.42 Å². The molecule has 6 heteroatoms. The zero-order valence-electron chi connectivity index (χ0n) is 14.3. The summed E-state index contributed by atoms with van der Waals surface area (Å²) in [5.41, 5.74) is 2.49. The highest BCUT2D eigenvalue weighted by atomic mass is 79.9. The van der Waals surface area contributed by atoms with E-state index in [2.05, 4.69) is 27.8 Å². The van der Waals surface area contributed by atoms with Crippen molar-refractivity contribution >= 4 is 33.4 Å². The lowest BCUT2D eigenvalue weighted by Gasteiger charge is -2.21. The second-order valence-electron chi connectivity index (χ2n) is 5.80. The molecule has 0 spiro atoms. The Balaban J connectivity index is 1.96. The van der Waals surface area contributed by atoms with E-state index in [0.29, 0.717) is 29.9 Å². The molecule has 1 aromatic heterocycles. The number of carbonyl (C=O) groups is 2. The summed E-state index contributed by atoms with van der Waals surface area (Å²) in [6.07, 6.45) is 0.320. The molecule has 2 rings (SSSR count). The number of anilines is 1. The van der Waals surface area contributed by atoms with Crippen LogP contribution < -0.4 is 5.32 Å². The number of nitrogens with zero attached hydrogens (tertiary/aromatic N) is 1. The van der Waals surface area contributed by atoms with Gasteiger partial charge >= 0.3 is 0 Å². The van der Waals surface area contributed by atoms with E-state index < -0.39 is 0 Å². The predicted octanol–water partition coefficient (Wildman–Crippen LogP) is 4.26. The molecule has 132 valence electrons. The van der Waals surface area contributed by atoms with Crippen molar-refractivity contribution in [3.05, 3.63) is 64.5 Å². The summed E-state index contributed by atoms with van der Waals surface area (Å²) in [6.45, 7) is 8.93. The van der Waals surface area contributed by atoms with Gasteiger partial charge in [0.2, 0.25) is 5.91 Å². The average molecular weight is 405 g/mol. The molecule has 1 heterocycles. The van der Waals surface area contributed by atoms with E-state index in [1.54, 1.807) is 29.2 Å². The highest BCUT2D eigenvalue weighted by Gasteiger charge is 2.13. The Morgan fingerprint density at radius 2 is 1.88 bits per heavy atom. The first kappa shape index (κ1) is 19.0. The van der Waals surface area contributed by atoms with Gasteiger partial charge < -0.3 is 14.6 Å². The smallest absolute Gasteiger partial charge is 0.291 e. The molecule has 25 heavy (non-hydrogen) atoms. The first-order valence-electron chi connectivity index (χ1n) is 7.96. The third-order valence-electron chi connectivity index (χ3n) is 3.56. The van der Waals surface area contributed by atoms with Crippen LogP contribution in [0.2, 0.25) is 0 Å². The minimum Gasteiger partial charge on any atom is -0.444 e. The number of rotatable bonds is 7. The van der Waals surface area contributed by atoms with Crippen LogP contribution in [-0.4, -0.2) is 29.8 Å². The van der Waals surface area contributed by atoms with Crippen molar-refractivity contribution in [1.29, 1.82) is 0 Å². The fourth-order valence-electron chi connectivity index (χ4n) is 2.32. The van der Waals surface area contributed by atoms with Crippen molar-refractivity contribution in [3.63, 3.8) is 0 Å². The molecule has 2 amide bonds. The van der Waals surface area contributed by atoms with E-state index in [1.165, 1.54) is 0 Å². The molecule has 2 aromatic rings. The van der Waals surface area contributed by atoms with E-state index in [9.17, 15) is 9.59 Å². The Morgan fingerprint density at radius 1 is 1.20 bits per heavy atom. The summed E-state index contributed by atoms with van der Waals surface area (Å²) >= 11 is 3.16. The summed E-state index contributed by atoms with van der Waals surface area (Å²) in [5.74, 6) is -0.0413. The van der Waals surface area contributed by atoms with Gasteiger partial charge in [-0.25, -0.2) is 0 Å². The largest absolute Gasteiger partial charge is 0.444 e. The van der Waals surface area contributed by atoms with Crippen LogP contribution in [0.3, 0.4) is 0 Å². The number of benzene rings is 1. The van der Waals surface area contributed by atoms with Crippen LogP contribution in [-0.2, 0) is 11.2 Å². The average Bonchev–Trinajstić information content (AvgIpc) is 3.00. The van der Waals surface area contributed by atoms with Gasteiger partial charge in [0, 0.05) is 18.8 Å². The Morgan fingerprint density at radius 3 is 2.40 bits per heavy atom. The second kappa shape index (κ2) is 8.67. The van der Waals surface area contributed by atoms with E-state index in [1.807, 2.05) is 26.0 Å². The quantitative estimate of drug-likeness (QED) is 0.701. The molecule has 0 aliphatic carbocycles. The summed E-state index contributed by atoms with van der Waals surface area (Å²) < 4.78 is 5.71. The van der Waals surface area contributed by atoms with Crippen molar-refractivity contribution in [3.8, 4) is 0 Å². The van der Waals surface area contributed by atoms with E-state index in [-0.39, 0.29) is 17.6 Å². The molecule has 0 aliphatic heterocycles. The first-order valence-corrected chi connectivity index (χ1v) is 8.76. The van der Waals surface area contributed by atoms with E-state index >= 15 is 0 Å². The second-order valence-corrected chi connectivity index (χ2v) is 6.58. The molecular weight excluding hydrogens is 384 g/mol. The fraction of sp³-hybridized carbons (Fsp3) is 0.263. The van der Waals surface area contributed by atoms with Gasteiger partial charge in [-0.05, 0) is 59.6 Å². The fourth-order valence-corrected chi connectivity index (χ4v) is 2.63. The van der Waals surface area contributed by atoms with Crippen molar-refractivity contribution in [2.75, 3.05) is 18.4 Å². The number of nitrogens with one attached hydrogen (secondary N) is 1. The maximum absolute atomic E-state index is 12.3. The lowest BCUT2D eigenvalue weighted by Crippen LogP contribution is -2.33. The third kappa shape index (κ3) is 5.60. The zero-order valence-corrected chi connectivity index (χ0v) is 15.9. The molecule has 1 N–H and O–H groups in total. The van der Waals surface area contributed by atoms with Crippen LogP contribution in [0.4, 0.5) is 5.69 Å². The number of amides is 2. The molecule has 0 saturated heterocycles. The van der Waals surface area contributed by atoms with Crippen molar-refractivity contribution in [2.45, 2.75) is 20.3 Å². The lowest BCUT2D eigenvalue weighted by molar-refractivity contribution is -0.129. The zero-order chi connectivity index (χ0) is 18.4. The van der Waals surface area contributed by atoms with Gasteiger partial charge in [-0.2, -0.15) is 0 Å². The number of halogens is 1. The number of hydrogen-bond acceptors (Lipinski definition) is 3. The van der Waals surface area contributed by atoms with Crippen LogP contribution in [0.5, 0.6) is 0 Å². The first-order chi connectivity index (χ1) is 11.9. The minimum absolute atomic E-state index is 0.0581. The molecule has 0 atom stereocenters. The van der Waals surface area contributed by atoms with Gasteiger partial charge in [0.15, 0.2) is 10.4 Å². The van der Waals surface area contributed by atoms with Crippen molar-refractivity contribution in [2.24, 2.45) is 0 Å². The SMILES string of the molecule is C=C(C)CN(CC)C(=O)Cc1ccc(NC(=O)c2ccc(Br)o2)cc1. The van der Waals surface area contributed by atoms with Gasteiger partial charge in [0.05, 0.1) is 6.42 Å². The minimum atomic E-state index is -0.326. The lowest BCUT2D eigenvalue weighted by atomic mass is 10.1. The van der Waals surface area contributed by atoms with Crippen LogP contribution >= 0.6 is 15.9 Å². The Labute approximate surface area is 155 Å². The van der Waals surface area contributed by atoms with Crippen LogP contribution in [0.15, 0.2) is 57.6 Å². The molecule has 5 nitrogen and oxygen atoms in total. The number of carbonyl (C=O) groups excluding carboxylic acids is 2. The molecule has 0 saturated carbocycles.